The smallest absolute Gasteiger partial charge is 0.243 e. The maximum atomic E-state index is 10.3. The lowest BCUT2D eigenvalue weighted by Crippen LogP contribution is -2.20. The molecule has 0 aromatic carbocycles. The second kappa shape index (κ2) is 8.29. The van der Waals surface area contributed by atoms with Gasteiger partial charge in [0, 0.05) is 19.5 Å². The van der Waals surface area contributed by atoms with Gasteiger partial charge >= 0.3 is 0 Å². The fourth-order valence-electron chi connectivity index (χ4n) is 0.886. The van der Waals surface area contributed by atoms with E-state index in [1.54, 1.807) is 0 Å². The highest BCUT2D eigenvalue weighted by molar-refractivity contribution is 5.86. The summed E-state index contributed by atoms with van der Waals surface area (Å²) in [5.41, 5.74) is 0. The van der Waals surface area contributed by atoms with Gasteiger partial charge < -0.3 is 10.6 Å². The van der Waals surface area contributed by atoms with Crippen LogP contribution in [0.15, 0.2) is 12.7 Å². The molecule has 0 unspecified atom stereocenters. The fraction of sp³-hybridized carbons (Fsp3) is 0.600. The largest absolute Gasteiger partial charge is 0.356 e. The van der Waals surface area contributed by atoms with Crippen molar-refractivity contribution in [1.29, 1.82) is 0 Å². The summed E-state index contributed by atoms with van der Waals surface area (Å²) in [5.74, 6) is 0.113. The Balaban J connectivity index is 0.000000249. The highest BCUT2D eigenvalue weighted by atomic mass is 16.2. The molecule has 0 saturated carbocycles. The van der Waals surface area contributed by atoms with Crippen molar-refractivity contribution in [2.45, 2.75) is 26.2 Å². The summed E-state index contributed by atoms with van der Waals surface area (Å²) in [6.07, 6.45) is 4.01. The van der Waals surface area contributed by atoms with Gasteiger partial charge in [-0.3, -0.25) is 9.59 Å². The third-order valence-electron chi connectivity index (χ3n) is 1.64. The van der Waals surface area contributed by atoms with Crippen molar-refractivity contribution in [1.82, 2.24) is 10.6 Å². The van der Waals surface area contributed by atoms with Crippen molar-refractivity contribution in [2.24, 2.45) is 0 Å². The average molecular weight is 198 g/mol. The molecule has 0 spiro atoms. The van der Waals surface area contributed by atoms with Crippen LogP contribution in [0.2, 0.25) is 0 Å². The van der Waals surface area contributed by atoms with Gasteiger partial charge in [-0.1, -0.05) is 13.5 Å². The lowest BCUT2D eigenvalue weighted by molar-refractivity contribution is -0.119. The predicted octanol–water partition coefficient (Wildman–Crippen LogP) is 0.595. The molecule has 1 aliphatic heterocycles. The quantitative estimate of drug-likeness (QED) is 0.652. The van der Waals surface area contributed by atoms with Crippen LogP contribution in [0.25, 0.3) is 0 Å². The Labute approximate surface area is 84.8 Å². The SMILES string of the molecule is C=CC(=O)NCCC.O=C1CCCN1. The average Bonchev–Trinajstić information content (AvgIpc) is 2.66. The van der Waals surface area contributed by atoms with E-state index in [0.29, 0.717) is 0 Å². The van der Waals surface area contributed by atoms with Crippen LogP contribution in [0.5, 0.6) is 0 Å². The first-order valence-electron chi connectivity index (χ1n) is 4.87. The first-order valence-corrected chi connectivity index (χ1v) is 4.87. The van der Waals surface area contributed by atoms with Gasteiger partial charge in [0.25, 0.3) is 0 Å². The third kappa shape index (κ3) is 7.34. The molecule has 80 valence electrons. The summed E-state index contributed by atoms with van der Waals surface area (Å²) >= 11 is 0. The number of rotatable bonds is 3. The van der Waals surface area contributed by atoms with Crippen LogP contribution in [-0.2, 0) is 9.59 Å². The number of nitrogens with one attached hydrogen (secondary N) is 2. The Hall–Kier alpha value is -1.32. The standard InChI is InChI=1S/C6H11NO.C4H7NO/c1-3-5-7-6(8)4-2;6-4-2-1-3-5-4/h4H,2-3,5H2,1H3,(H,7,8);1-3H2,(H,5,6). The number of hydrogen-bond donors (Lipinski definition) is 2. The van der Waals surface area contributed by atoms with E-state index in [1.165, 1.54) is 6.08 Å². The van der Waals surface area contributed by atoms with E-state index < -0.39 is 0 Å². The van der Waals surface area contributed by atoms with E-state index in [0.717, 1.165) is 32.4 Å². The van der Waals surface area contributed by atoms with Crippen LogP contribution >= 0.6 is 0 Å². The predicted molar refractivity (Wildman–Crippen MR) is 55.7 cm³/mol. The highest BCUT2D eigenvalue weighted by Gasteiger charge is 2.05. The summed E-state index contributed by atoms with van der Waals surface area (Å²) in [5, 5.41) is 5.31. The minimum Gasteiger partial charge on any atom is -0.356 e. The molecule has 1 aliphatic rings. The Morgan fingerprint density at radius 1 is 1.71 bits per heavy atom. The molecular formula is C10H18N2O2. The molecular weight excluding hydrogens is 180 g/mol. The monoisotopic (exact) mass is 198 g/mol. The molecule has 0 aromatic heterocycles. The van der Waals surface area contributed by atoms with Crippen molar-refractivity contribution in [2.75, 3.05) is 13.1 Å². The molecule has 1 saturated heterocycles. The molecule has 1 fully saturated rings. The minimum absolute atomic E-state index is 0.0909. The summed E-state index contributed by atoms with van der Waals surface area (Å²) in [6, 6.07) is 0. The topological polar surface area (TPSA) is 58.2 Å². The van der Waals surface area contributed by atoms with Gasteiger partial charge in [-0.05, 0) is 18.9 Å². The van der Waals surface area contributed by atoms with Crippen molar-refractivity contribution >= 4 is 11.8 Å². The van der Waals surface area contributed by atoms with Gasteiger partial charge in [-0.25, -0.2) is 0 Å². The van der Waals surface area contributed by atoms with Gasteiger partial charge in [0.1, 0.15) is 0 Å². The second-order valence-corrected chi connectivity index (χ2v) is 2.95. The first kappa shape index (κ1) is 12.7. The number of carbonyl (C=O) groups excluding carboxylic acids is 2. The molecule has 4 heteroatoms. The van der Waals surface area contributed by atoms with Gasteiger partial charge in [0.2, 0.25) is 11.8 Å². The molecule has 1 rings (SSSR count). The lowest BCUT2D eigenvalue weighted by Gasteiger charge is -1.94. The lowest BCUT2D eigenvalue weighted by atomic mass is 10.4. The van der Waals surface area contributed by atoms with E-state index in [2.05, 4.69) is 17.2 Å². The van der Waals surface area contributed by atoms with E-state index in [1.807, 2.05) is 6.92 Å². The molecule has 1 heterocycles. The molecule has 4 nitrogen and oxygen atoms in total. The maximum Gasteiger partial charge on any atom is 0.243 e. The van der Waals surface area contributed by atoms with Crippen molar-refractivity contribution in [3.8, 4) is 0 Å². The molecule has 0 aromatic rings. The molecule has 0 radical (unpaired) electrons. The van der Waals surface area contributed by atoms with Crippen molar-refractivity contribution in [3.63, 3.8) is 0 Å². The zero-order valence-corrected chi connectivity index (χ0v) is 8.64. The van der Waals surface area contributed by atoms with E-state index >= 15 is 0 Å². The Morgan fingerprint density at radius 2 is 2.43 bits per heavy atom. The van der Waals surface area contributed by atoms with Gasteiger partial charge in [0.05, 0.1) is 0 Å². The Bertz CT molecular complexity index is 194. The van der Waals surface area contributed by atoms with Crippen molar-refractivity contribution in [3.05, 3.63) is 12.7 Å². The molecule has 2 N–H and O–H groups in total. The zero-order chi connectivity index (χ0) is 10.8. The van der Waals surface area contributed by atoms with Crippen LogP contribution < -0.4 is 10.6 Å². The number of amides is 2. The van der Waals surface area contributed by atoms with E-state index in [9.17, 15) is 9.59 Å². The number of carbonyl (C=O) groups is 2. The summed E-state index contributed by atoms with van der Waals surface area (Å²) in [6.45, 7) is 6.93. The molecule has 0 bridgehead atoms. The molecule has 0 aliphatic carbocycles. The fourth-order valence-corrected chi connectivity index (χ4v) is 0.886. The van der Waals surface area contributed by atoms with Gasteiger partial charge in [0.15, 0.2) is 0 Å². The molecule has 0 atom stereocenters. The van der Waals surface area contributed by atoms with Crippen LogP contribution in [-0.4, -0.2) is 24.9 Å². The normalized spacial score (nSPS) is 13.6. The third-order valence-corrected chi connectivity index (χ3v) is 1.64. The summed E-state index contributed by atoms with van der Waals surface area (Å²) < 4.78 is 0. The van der Waals surface area contributed by atoms with Gasteiger partial charge in [-0.15, -0.1) is 0 Å². The van der Waals surface area contributed by atoms with Crippen molar-refractivity contribution < 1.29 is 9.59 Å². The van der Waals surface area contributed by atoms with Crippen LogP contribution in [0.1, 0.15) is 26.2 Å². The first-order chi connectivity index (χ1) is 6.70. The summed E-state index contributed by atoms with van der Waals surface area (Å²) in [7, 11) is 0. The van der Waals surface area contributed by atoms with Gasteiger partial charge in [-0.2, -0.15) is 0 Å². The molecule has 2 amide bonds. The van der Waals surface area contributed by atoms with Crippen LogP contribution in [0.4, 0.5) is 0 Å². The Kier molecular flexibility index (Phi) is 7.50. The van der Waals surface area contributed by atoms with E-state index in [-0.39, 0.29) is 11.8 Å². The zero-order valence-electron chi connectivity index (χ0n) is 8.64. The maximum absolute atomic E-state index is 10.3. The number of hydrogen-bond acceptors (Lipinski definition) is 2. The van der Waals surface area contributed by atoms with E-state index in [4.69, 9.17) is 0 Å². The van der Waals surface area contributed by atoms with Crippen LogP contribution in [0, 0.1) is 0 Å². The minimum atomic E-state index is -0.0909. The highest BCUT2D eigenvalue weighted by Crippen LogP contribution is 1.93. The molecule has 14 heavy (non-hydrogen) atoms. The van der Waals surface area contributed by atoms with Crippen LogP contribution in [0.3, 0.4) is 0 Å². The Morgan fingerprint density at radius 3 is 2.71 bits per heavy atom. The summed E-state index contributed by atoms with van der Waals surface area (Å²) in [4.78, 5) is 20.5. The second-order valence-electron chi connectivity index (χ2n) is 2.95.